The highest BCUT2D eigenvalue weighted by atomic mass is 19.1. The van der Waals surface area contributed by atoms with Crippen LogP contribution in [0, 0.1) is 5.82 Å². The van der Waals surface area contributed by atoms with Gasteiger partial charge >= 0.3 is 0 Å². The minimum absolute atomic E-state index is 0.199. The number of rotatable bonds is 7. The molecule has 1 atom stereocenters. The van der Waals surface area contributed by atoms with Crippen LogP contribution in [0.5, 0.6) is 0 Å². The van der Waals surface area contributed by atoms with Gasteiger partial charge < -0.3 is 15.3 Å². The van der Waals surface area contributed by atoms with Gasteiger partial charge in [-0.2, -0.15) is 0 Å². The third-order valence-electron chi connectivity index (χ3n) is 5.55. The maximum atomic E-state index is 13.1. The van der Waals surface area contributed by atoms with E-state index in [2.05, 4.69) is 25.1 Å². The van der Waals surface area contributed by atoms with Crippen molar-refractivity contribution in [3.63, 3.8) is 0 Å². The third-order valence-corrected chi connectivity index (χ3v) is 5.55. The Bertz CT molecular complexity index is 954. The van der Waals surface area contributed by atoms with Gasteiger partial charge in [-0.05, 0) is 29.7 Å². The second kappa shape index (κ2) is 10.3. The second-order valence-corrected chi connectivity index (χ2v) is 7.81. The highest BCUT2D eigenvalue weighted by molar-refractivity contribution is 5.48. The molecule has 2 aromatic carbocycles. The molecule has 1 fully saturated rings. The summed E-state index contributed by atoms with van der Waals surface area (Å²) in [7, 11) is 0. The van der Waals surface area contributed by atoms with Crippen molar-refractivity contribution in [1.29, 1.82) is 0 Å². The van der Waals surface area contributed by atoms with E-state index in [0.29, 0.717) is 12.4 Å². The third kappa shape index (κ3) is 5.99. The van der Waals surface area contributed by atoms with Gasteiger partial charge in [0.2, 0.25) is 0 Å². The van der Waals surface area contributed by atoms with Gasteiger partial charge in [-0.15, -0.1) is 0 Å². The molecule has 1 unspecified atom stereocenters. The lowest BCUT2D eigenvalue weighted by Crippen LogP contribution is -2.31. The topological polar surface area (TPSA) is 64.5 Å². The van der Waals surface area contributed by atoms with E-state index in [0.717, 1.165) is 56.1 Å². The lowest BCUT2D eigenvalue weighted by atomic mass is 10.1. The maximum absolute atomic E-state index is 13.1. The SMILES string of the molecule is OC(CNc1cc(N2CCCN(Cc3ccc(F)cc3)CC2)ncn1)c1ccccc1. The van der Waals surface area contributed by atoms with E-state index >= 15 is 0 Å². The van der Waals surface area contributed by atoms with E-state index in [1.807, 2.05) is 48.5 Å². The van der Waals surface area contributed by atoms with E-state index in [-0.39, 0.29) is 5.82 Å². The number of aliphatic hydroxyl groups is 1. The summed E-state index contributed by atoms with van der Waals surface area (Å²) in [5.41, 5.74) is 2.00. The van der Waals surface area contributed by atoms with E-state index in [4.69, 9.17) is 0 Å². The predicted molar refractivity (Wildman–Crippen MR) is 120 cm³/mol. The molecule has 1 aliphatic heterocycles. The first-order valence-corrected chi connectivity index (χ1v) is 10.7. The number of halogens is 1. The number of hydrogen-bond acceptors (Lipinski definition) is 6. The predicted octanol–water partition coefficient (Wildman–Crippen LogP) is 3.47. The summed E-state index contributed by atoms with van der Waals surface area (Å²) in [6.45, 7) is 4.89. The molecule has 6 nitrogen and oxygen atoms in total. The van der Waals surface area contributed by atoms with Crippen LogP contribution in [0.2, 0.25) is 0 Å². The van der Waals surface area contributed by atoms with Crippen LogP contribution < -0.4 is 10.2 Å². The zero-order valence-electron chi connectivity index (χ0n) is 17.5. The van der Waals surface area contributed by atoms with Crippen molar-refractivity contribution in [2.24, 2.45) is 0 Å². The van der Waals surface area contributed by atoms with Crippen LogP contribution in [0.15, 0.2) is 67.0 Å². The smallest absolute Gasteiger partial charge is 0.134 e. The van der Waals surface area contributed by atoms with Gasteiger partial charge in [-0.3, -0.25) is 4.90 Å². The molecule has 7 heteroatoms. The number of aromatic nitrogens is 2. The fraction of sp³-hybridized carbons (Fsp3) is 0.333. The Balaban J connectivity index is 1.32. The van der Waals surface area contributed by atoms with Crippen molar-refractivity contribution in [2.75, 3.05) is 42.9 Å². The van der Waals surface area contributed by atoms with Gasteiger partial charge in [0, 0.05) is 45.3 Å². The minimum Gasteiger partial charge on any atom is -0.387 e. The lowest BCUT2D eigenvalue weighted by molar-refractivity contribution is 0.191. The zero-order valence-corrected chi connectivity index (χ0v) is 17.5. The average molecular weight is 422 g/mol. The maximum Gasteiger partial charge on any atom is 0.134 e. The molecule has 1 aliphatic rings. The molecular formula is C24H28FN5O. The Hall–Kier alpha value is -3.03. The van der Waals surface area contributed by atoms with Crippen LogP contribution >= 0.6 is 0 Å². The van der Waals surface area contributed by atoms with Crippen molar-refractivity contribution in [1.82, 2.24) is 14.9 Å². The van der Waals surface area contributed by atoms with Crippen LogP contribution in [0.1, 0.15) is 23.7 Å². The number of aliphatic hydroxyl groups excluding tert-OH is 1. The van der Waals surface area contributed by atoms with E-state index in [9.17, 15) is 9.50 Å². The summed E-state index contributed by atoms with van der Waals surface area (Å²) >= 11 is 0. The van der Waals surface area contributed by atoms with Gasteiger partial charge in [0.15, 0.2) is 0 Å². The molecule has 2 heterocycles. The fourth-order valence-electron chi connectivity index (χ4n) is 3.82. The van der Waals surface area contributed by atoms with Crippen LogP contribution in [-0.4, -0.2) is 52.7 Å². The molecule has 4 rings (SSSR count). The lowest BCUT2D eigenvalue weighted by Gasteiger charge is -2.23. The summed E-state index contributed by atoms with van der Waals surface area (Å²) in [6.07, 6.45) is 1.99. The fourth-order valence-corrected chi connectivity index (χ4v) is 3.82. The van der Waals surface area contributed by atoms with Crippen LogP contribution in [0.25, 0.3) is 0 Å². The number of nitrogens with zero attached hydrogens (tertiary/aromatic N) is 4. The monoisotopic (exact) mass is 421 g/mol. The molecule has 0 saturated carbocycles. The first-order chi connectivity index (χ1) is 15.2. The van der Waals surface area contributed by atoms with Crippen molar-refractivity contribution >= 4 is 11.6 Å². The zero-order chi connectivity index (χ0) is 21.5. The Kier molecular flexibility index (Phi) is 7.07. The normalized spacial score (nSPS) is 16.0. The van der Waals surface area contributed by atoms with Gasteiger partial charge in [0.05, 0.1) is 6.10 Å². The van der Waals surface area contributed by atoms with Crippen molar-refractivity contribution < 1.29 is 9.50 Å². The van der Waals surface area contributed by atoms with Gasteiger partial charge in [0.25, 0.3) is 0 Å². The minimum atomic E-state index is -0.599. The molecule has 0 radical (unpaired) electrons. The van der Waals surface area contributed by atoms with Crippen LogP contribution in [0.3, 0.4) is 0 Å². The van der Waals surface area contributed by atoms with Crippen molar-refractivity contribution in [3.05, 3.63) is 83.9 Å². The first kappa shape index (κ1) is 21.2. The summed E-state index contributed by atoms with van der Waals surface area (Å²) in [5.74, 6) is 1.39. The standard InChI is InChI=1S/C24H28FN5O/c25-21-9-7-19(8-10-21)17-29-11-4-12-30(14-13-29)24-15-23(27-18-28-24)26-16-22(31)20-5-2-1-3-6-20/h1-3,5-10,15,18,22,31H,4,11-14,16-17H2,(H,26,27,28). The molecule has 1 saturated heterocycles. The Morgan fingerprint density at radius 3 is 2.58 bits per heavy atom. The van der Waals surface area contributed by atoms with Crippen LogP contribution in [0.4, 0.5) is 16.0 Å². The Labute approximate surface area is 182 Å². The van der Waals surface area contributed by atoms with Crippen molar-refractivity contribution in [3.8, 4) is 0 Å². The van der Waals surface area contributed by atoms with E-state index < -0.39 is 6.10 Å². The summed E-state index contributed by atoms with van der Waals surface area (Å²) in [5, 5.41) is 13.6. The molecular weight excluding hydrogens is 393 g/mol. The van der Waals surface area contributed by atoms with E-state index in [1.165, 1.54) is 12.1 Å². The summed E-state index contributed by atoms with van der Waals surface area (Å²) in [6, 6.07) is 18.3. The molecule has 1 aromatic heterocycles. The highest BCUT2D eigenvalue weighted by Gasteiger charge is 2.17. The number of nitrogens with one attached hydrogen (secondary N) is 1. The molecule has 0 aliphatic carbocycles. The Morgan fingerprint density at radius 2 is 1.77 bits per heavy atom. The first-order valence-electron chi connectivity index (χ1n) is 10.7. The largest absolute Gasteiger partial charge is 0.387 e. The summed E-state index contributed by atoms with van der Waals surface area (Å²) in [4.78, 5) is 13.4. The van der Waals surface area contributed by atoms with Gasteiger partial charge in [-0.1, -0.05) is 42.5 Å². The quantitative estimate of drug-likeness (QED) is 0.609. The summed E-state index contributed by atoms with van der Waals surface area (Å²) < 4.78 is 13.1. The van der Waals surface area contributed by atoms with E-state index in [1.54, 1.807) is 6.33 Å². The molecule has 3 aromatic rings. The van der Waals surface area contributed by atoms with Crippen LogP contribution in [-0.2, 0) is 6.54 Å². The Morgan fingerprint density at radius 1 is 0.968 bits per heavy atom. The molecule has 0 amide bonds. The number of hydrogen-bond donors (Lipinski definition) is 2. The highest BCUT2D eigenvalue weighted by Crippen LogP contribution is 2.19. The second-order valence-electron chi connectivity index (χ2n) is 7.81. The van der Waals surface area contributed by atoms with Crippen molar-refractivity contribution in [2.45, 2.75) is 19.1 Å². The molecule has 2 N–H and O–H groups in total. The van der Waals surface area contributed by atoms with Gasteiger partial charge in [0.1, 0.15) is 23.8 Å². The number of anilines is 2. The number of benzene rings is 2. The molecule has 31 heavy (non-hydrogen) atoms. The molecule has 162 valence electrons. The van der Waals surface area contributed by atoms with Gasteiger partial charge in [-0.25, -0.2) is 14.4 Å². The molecule has 0 spiro atoms. The average Bonchev–Trinajstić information content (AvgIpc) is 3.05. The molecule has 0 bridgehead atoms.